The summed E-state index contributed by atoms with van der Waals surface area (Å²) in [6.07, 6.45) is 25.1. The molecule has 0 amide bonds. The number of carbonyl (C=O) groups is 1. The number of hydrogen-bond donors (Lipinski definition) is 4. The number of hydrogen-bond acceptors (Lipinski definition) is 7. The van der Waals surface area contributed by atoms with Crippen molar-refractivity contribution in [3.63, 3.8) is 0 Å². The van der Waals surface area contributed by atoms with Gasteiger partial charge in [0.25, 0.3) is 0 Å². The maximum Gasteiger partial charge on any atom is 0.334 e. The number of aliphatic hydroxyl groups is 4. The van der Waals surface area contributed by atoms with Crippen molar-refractivity contribution in [2.45, 2.75) is 217 Å². The number of esters is 1. The Kier molecular flexibility index (Phi) is 21.6. The highest BCUT2D eigenvalue weighted by Gasteiger charge is 2.34. The first-order valence-corrected chi connectivity index (χ1v) is 18.6. The Labute approximate surface area is 269 Å². The monoisotopic (exact) mass is 624 g/mol. The van der Waals surface area contributed by atoms with Gasteiger partial charge in [-0.2, -0.15) is 0 Å². The summed E-state index contributed by atoms with van der Waals surface area (Å²) in [4.78, 5) is 11.6. The summed E-state index contributed by atoms with van der Waals surface area (Å²) in [5, 5.41) is 41.8. The summed E-state index contributed by atoms with van der Waals surface area (Å²) in [5.74, 6) is -0.292. The van der Waals surface area contributed by atoms with Gasteiger partial charge in [0.05, 0.1) is 36.6 Å². The third-order valence-corrected chi connectivity index (χ3v) is 9.61. The Morgan fingerprint density at radius 2 is 1.09 bits per heavy atom. The average molecular weight is 625 g/mol. The molecule has 2 heterocycles. The van der Waals surface area contributed by atoms with Crippen molar-refractivity contribution in [2.75, 3.05) is 0 Å². The molecule has 2 aliphatic heterocycles. The van der Waals surface area contributed by atoms with E-state index in [0.717, 1.165) is 77.0 Å². The van der Waals surface area contributed by atoms with E-state index in [1.54, 1.807) is 6.08 Å². The highest BCUT2D eigenvalue weighted by atomic mass is 16.5. The molecular formula is C37H68O7. The molecule has 7 heteroatoms. The Hall–Kier alpha value is -0.990. The molecule has 0 aromatic heterocycles. The minimum absolute atomic E-state index is 0.164. The van der Waals surface area contributed by atoms with Crippen molar-refractivity contribution in [1.82, 2.24) is 0 Å². The van der Waals surface area contributed by atoms with Gasteiger partial charge in [0.15, 0.2) is 0 Å². The molecule has 0 unspecified atom stereocenters. The second kappa shape index (κ2) is 24.2. The van der Waals surface area contributed by atoms with Crippen LogP contribution in [-0.2, 0) is 14.3 Å². The molecular weight excluding hydrogens is 556 g/mol. The van der Waals surface area contributed by atoms with Gasteiger partial charge in [-0.05, 0) is 57.9 Å². The van der Waals surface area contributed by atoms with Crippen LogP contribution in [0.5, 0.6) is 0 Å². The van der Waals surface area contributed by atoms with Gasteiger partial charge in [0.2, 0.25) is 0 Å². The smallest absolute Gasteiger partial charge is 0.334 e. The van der Waals surface area contributed by atoms with Crippen LogP contribution in [0.15, 0.2) is 11.6 Å². The van der Waals surface area contributed by atoms with Crippen LogP contribution in [0.25, 0.3) is 0 Å². The quantitative estimate of drug-likeness (QED) is 0.0518. The Balaban J connectivity index is 1.39. The standard InChI is InChI=1S/C37H68O7/c1-3-4-5-6-7-8-9-13-16-19-22-33(40)35-25-26-36(44-35)34(41)24-23-31(38)20-17-14-11-10-12-15-18-21-32(39)28-30-27-29(2)43-37(30)42/h27,29,31-36,38-41H,3-26,28H2,1-2H3/t29-,31-,32+,33-,34+,35+,36+/m0/s1. The van der Waals surface area contributed by atoms with Gasteiger partial charge in [0, 0.05) is 12.0 Å². The van der Waals surface area contributed by atoms with Crippen molar-refractivity contribution in [2.24, 2.45) is 0 Å². The topological polar surface area (TPSA) is 116 Å². The van der Waals surface area contributed by atoms with Gasteiger partial charge in [-0.1, -0.05) is 116 Å². The normalized spacial score (nSPS) is 23.0. The van der Waals surface area contributed by atoms with E-state index in [9.17, 15) is 25.2 Å². The lowest BCUT2D eigenvalue weighted by atomic mass is 9.99. The fourth-order valence-corrected chi connectivity index (χ4v) is 6.76. The SMILES string of the molecule is CCCCCCCCCCCC[C@H](O)[C@H]1CC[C@H]([C@H](O)CC[C@@H](O)CCCCCCCCC[C@@H](O)CC2=C[C@H](C)OC2=O)O1. The van der Waals surface area contributed by atoms with Crippen LogP contribution in [0, 0.1) is 0 Å². The number of ether oxygens (including phenoxy) is 2. The van der Waals surface area contributed by atoms with Crippen molar-refractivity contribution < 1.29 is 34.7 Å². The van der Waals surface area contributed by atoms with Crippen molar-refractivity contribution >= 4 is 5.97 Å². The van der Waals surface area contributed by atoms with Crippen LogP contribution < -0.4 is 0 Å². The molecule has 4 N–H and O–H groups in total. The highest BCUT2D eigenvalue weighted by molar-refractivity contribution is 5.90. The molecule has 0 aliphatic carbocycles. The first kappa shape index (κ1) is 39.2. The molecule has 0 aromatic carbocycles. The average Bonchev–Trinajstić information content (AvgIpc) is 3.62. The molecule has 0 aromatic rings. The van der Waals surface area contributed by atoms with E-state index < -0.39 is 18.3 Å². The van der Waals surface area contributed by atoms with Crippen molar-refractivity contribution in [3.05, 3.63) is 11.6 Å². The molecule has 2 rings (SSSR count). The second-order valence-corrected chi connectivity index (χ2v) is 13.8. The molecule has 1 saturated heterocycles. The van der Waals surface area contributed by atoms with Crippen LogP contribution in [0.4, 0.5) is 0 Å². The van der Waals surface area contributed by atoms with Crippen LogP contribution in [0.2, 0.25) is 0 Å². The fraction of sp³-hybridized carbons (Fsp3) is 0.919. The fourth-order valence-electron chi connectivity index (χ4n) is 6.76. The largest absolute Gasteiger partial charge is 0.455 e. The number of carbonyl (C=O) groups excluding carboxylic acids is 1. The maximum atomic E-state index is 11.6. The van der Waals surface area contributed by atoms with Crippen LogP contribution >= 0.6 is 0 Å². The molecule has 2 aliphatic rings. The Bertz CT molecular complexity index is 756. The zero-order valence-electron chi connectivity index (χ0n) is 28.3. The van der Waals surface area contributed by atoms with Gasteiger partial charge in [-0.3, -0.25) is 0 Å². The maximum absolute atomic E-state index is 11.6. The Morgan fingerprint density at radius 1 is 0.636 bits per heavy atom. The third-order valence-electron chi connectivity index (χ3n) is 9.61. The number of aliphatic hydroxyl groups excluding tert-OH is 4. The lowest BCUT2D eigenvalue weighted by molar-refractivity contribution is -0.139. The Morgan fingerprint density at radius 3 is 1.59 bits per heavy atom. The molecule has 258 valence electrons. The second-order valence-electron chi connectivity index (χ2n) is 13.8. The van der Waals surface area contributed by atoms with E-state index in [-0.39, 0.29) is 30.4 Å². The van der Waals surface area contributed by atoms with Crippen LogP contribution in [-0.4, -0.2) is 69.1 Å². The zero-order valence-corrected chi connectivity index (χ0v) is 28.3. The van der Waals surface area contributed by atoms with Gasteiger partial charge < -0.3 is 29.9 Å². The van der Waals surface area contributed by atoms with Crippen LogP contribution in [0.3, 0.4) is 0 Å². The summed E-state index contributed by atoms with van der Waals surface area (Å²) in [6, 6.07) is 0. The first-order valence-electron chi connectivity index (χ1n) is 18.6. The number of unbranched alkanes of at least 4 members (excludes halogenated alkanes) is 15. The van der Waals surface area contributed by atoms with Crippen molar-refractivity contribution in [3.8, 4) is 0 Å². The molecule has 0 spiro atoms. The summed E-state index contributed by atoms with van der Waals surface area (Å²) in [5.41, 5.74) is 0.604. The molecule has 0 bridgehead atoms. The molecule has 0 radical (unpaired) electrons. The minimum atomic E-state index is -0.579. The number of rotatable bonds is 28. The van der Waals surface area contributed by atoms with E-state index in [2.05, 4.69) is 6.92 Å². The molecule has 0 saturated carbocycles. The van der Waals surface area contributed by atoms with Crippen molar-refractivity contribution in [1.29, 1.82) is 0 Å². The molecule has 7 atom stereocenters. The molecule has 1 fully saturated rings. The first-order chi connectivity index (χ1) is 21.3. The number of cyclic esters (lactones) is 1. The summed E-state index contributed by atoms with van der Waals surface area (Å²) >= 11 is 0. The molecule has 7 nitrogen and oxygen atoms in total. The van der Waals surface area contributed by atoms with E-state index >= 15 is 0 Å². The van der Waals surface area contributed by atoms with Gasteiger partial charge in [0.1, 0.15) is 6.10 Å². The third kappa shape index (κ3) is 17.6. The zero-order chi connectivity index (χ0) is 32.0. The predicted molar refractivity (Wildman–Crippen MR) is 177 cm³/mol. The highest BCUT2D eigenvalue weighted by Crippen LogP contribution is 2.28. The summed E-state index contributed by atoms with van der Waals surface area (Å²) < 4.78 is 11.1. The van der Waals surface area contributed by atoms with E-state index in [4.69, 9.17) is 9.47 Å². The lowest BCUT2D eigenvalue weighted by Gasteiger charge is -2.23. The van der Waals surface area contributed by atoms with Crippen LogP contribution in [0.1, 0.15) is 174 Å². The van der Waals surface area contributed by atoms with E-state index in [1.165, 1.54) is 57.8 Å². The van der Waals surface area contributed by atoms with E-state index in [0.29, 0.717) is 31.3 Å². The van der Waals surface area contributed by atoms with E-state index in [1.807, 2.05) is 6.92 Å². The predicted octanol–water partition coefficient (Wildman–Crippen LogP) is 7.84. The lowest BCUT2D eigenvalue weighted by Crippen LogP contribution is -2.31. The summed E-state index contributed by atoms with van der Waals surface area (Å²) in [6.45, 7) is 4.09. The van der Waals surface area contributed by atoms with Gasteiger partial charge in [-0.15, -0.1) is 0 Å². The minimum Gasteiger partial charge on any atom is -0.455 e. The molecule has 44 heavy (non-hydrogen) atoms. The summed E-state index contributed by atoms with van der Waals surface area (Å²) in [7, 11) is 0. The van der Waals surface area contributed by atoms with Gasteiger partial charge in [-0.25, -0.2) is 4.79 Å². The van der Waals surface area contributed by atoms with Gasteiger partial charge >= 0.3 is 5.97 Å².